The van der Waals surface area contributed by atoms with E-state index >= 15 is 0 Å². The minimum atomic E-state index is 0.394. The minimum Gasteiger partial charge on any atom is -0.785 e. The maximum Gasteiger partial charge on any atom is 0.000308 e. The van der Waals surface area contributed by atoms with Crippen molar-refractivity contribution >= 4 is 0 Å². The number of hydrogen-bond donors (Lipinski definition) is 0. The van der Waals surface area contributed by atoms with E-state index < -0.39 is 0 Å². The molecule has 12 heavy (non-hydrogen) atoms. The lowest BCUT2D eigenvalue weighted by Crippen LogP contribution is -2.32. The van der Waals surface area contributed by atoms with Crippen molar-refractivity contribution in [2.75, 3.05) is 6.54 Å². The Balaban J connectivity index is 1.89. The van der Waals surface area contributed by atoms with E-state index in [1.807, 2.05) is 0 Å². The van der Waals surface area contributed by atoms with Gasteiger partial charge < -0.3 is 10.3 Å². The largest absolute Gasteiger partial charge is 0.785 e. The number of hydroxylamine groups is 2. The van der Waals surface area contributed by atoms with Crippen LogP contribution in [0.15, 0.2) is 0 Å². The zero-order valence-corrected chi connectivity index (χ0v) is 7.67. The van der Waals surface area contributed by atoms with Crippen LogP contribution in [0.1, 0.15) is 44.9 Å². The molecule has 0 aromatic carbocycles. The minimum absolute atomic E-state index is 0.394. The fraction of sp³-hybridized carbons (Fsp3) is 1.00. The highest BCUT2D eigenvalue weighted by atomic mass is 16.5. The predicted octanol–water partition coefficient (Wildman–Crippen LogP) is 2.53. The van der Waals surface area contributed by atoms with Gasteiger partial charge in [0.1, 0.15) is 0 Å². The lowest BCUT2D eigenvalue weighted by molar-refractivity contribution is 0.203. The third-order valence-electron chi connectivity index (χ3n) is 3.44. The Kier molecular flexibility index (Phi) is 2.66. The first-order chi connectivity index (χ1) is 5.88. The molecule has 0 aromatic heterocycles. The van der Waals surface area contributed by atoms with Crippen molar-refractivity contribution in [3.05, 3.63) is 5.21 Å². The Labute approximate surface area is 74.5 Å². The van der Waals surface area contributed by atoms with Gasteiger partial charge in [-0.1, -0.05) is 19.3 Å². The van der Waals surface area contributed by atoms with Crippen LogP contribution < -0.4 is 0 Å². The zero-order chi connectivity index (χ0) is 8.39. The molecular weight excluding hydrogens is 150 g/mol. The van der Waals surface area contributed by atoms with Gasteiger partial charge in [0, 0.05) is 6.04 Å². The molecule has 70 valence electrons. The normalized spacial score (nSPS) is 34.2. The Morgan fingerprint density at radius 3 is 2.25 bits per heavy atom. The molecule has 2 heteroatoms. The first kappa shape index (κ1) is 8.52. The molecule has 0 radical (unpaired) electrons. The van der Waals surface area contributed by atoms with Crippen molar-refractivity contribution in [3.8, 4) is 0 Å². The highest BCUT2D eigenvalue weighted by Crippen LogP contribution is 2.33. The molecule has 0 bridgehead atoms. The highest BCUT2D eigenvalue weighted by molar-refractivity contribution is 4.86. The van der Waals surface area contributed by atoms with Crippen LogP contribution in [-0.4, -0.2) is 17.6 Å². The first-order valence-corrected chi connectivity index (χ1v) is 5.32. The average Bonchev–Trinajstić information content (AvgIpc) is 2.53. The van der Waals surface area contributed by atoms with E-state index in [0.29, 0.717) is 6.04 Å². The molecule has 0 aromatic rings. The van der Waals surface area contributed by atoms with Gasteiger partial charge in [-0.3, -0.25) is 0 Å². The van der Waals surface area contributed by atoms with Crippen molar-refractivity contribution in [2.45, 2.75) is 51.0 Å². The van der Waals surface area contributed by atoms with Gasteiger partial charge in [-0.15, -0.1) is 0 Å². The fourth-order valence-corrected chi connectivity index (χ4v) is 2.76. The molecule has 0 spiro atoms. The first-order valence-electron chi connectivity index (χ1n) is 5.32. The van der Waals surface area contributed by atoms with E-state index in [-0.39, 0.29) is 0 Å². The zero-order valence-electron chi connectivity index (χ0n) is 7.67. The third kappa shape index (κ3) is 1.64. The Hall–Kier alpha value is -0.0800. The Morgan fingerprint density at radius 1 is 0.917 bits per heavy atom. The average molecular weight is 168 g/mol. The number of hydrogen-bond acceptors (Lipinski definition) is 2. The maximum atomic E-state index is 11.4. The summed E-state index contributed by atoms with van der Waals surface area (Å²) in [6, 6.07) is 0.394. The van der Waals surface area contributed by atoms with Crippen LogP contribution >= 0.6 is 0 Å². The van der Waals surface area contributed by atoms with E-state index in [0.717, 1.165) is 25.3 Å². The molecule has 1 saturated carbocycles. The van der Waals surface area contributed by atoms with Gasteiger partial charge in [-0.2, -0.15) is 0 Å². The van der Waals surface area contributed by atoms with Crippen LogP contribution in [0.4, 0.5) is 0 Å². The van der Waals surface area contributed by atoms with Crippen molar-refractivity contribution in [3.63, 3.8) is 0 Å². The molecule has 1 unspecified atom stereocenters. The van der Waals surface area contributed by atoms with Gasteiger partial charge in [0.2, 0.25) is 0 Å². The quantitative estimate of drug-likeness (QED) is 0.601. The van der Waals surface area contributed by atoms with Gasteiger partial charge in [0.15, 0.2) is 0 Å². The summed E-state index contributed by atoms with van der Waals surface area (Å²) in [4.78, 5) is 0. The van der Waals surface area contributed by atoms with Crippen molar-refractivity contribution in [1.82, 2.24) is 5.06 Å². The summed E-state index contributed by atoms with van der Waals surface area (Å²) in [5.41, 5.74) is 0. The van der Waals surface area contributed by atoms with E-state index in [4.69, 9.17) is 0 Å². The van der Waals surface area contributed by atoms with E-state index in [1.54, 1.807) is 0 Å². The van der Waals surface area contributed by atoms with Gasteiger partial charge in [0.05, 0.1) is 0 Å². The van der Waals surface area contributed by atoms with Gasteiger partial charge in [-0.05, 0) is 38.1 Å². The molecular formula is C10H18NO-. The van der Waals surface area contributed by atoms with E-state index in [9.17, 15) is 5.21 Å². The van der Waals surface area contributed by atoms with Crippen LogP contribution in [0, 0.1) is 11.1 Å². The maximum absolute atomic E-state index is 11.4. The molecule has 1 aliphatic carbocycles. The molecule has 2 fully saturated rings. The Bertz CT molecular complexity index is 143. The van der Waals surface area contributed by atoms with Gasteiger partial charge in [-0.25, -0.2) is 0 Å². The molecule has 2 aliphatic rings. The lowest BCUT2D eigenvalue weighted by Gasteiger charge is -2.37. The standard InChI is InChI=1S/C10H18NO/c12-11-8-4-7-10(11)9-5-2-1-3-6-9/h9-10H,1-8H2/q-1. The SMILES string of the molecule is [O-]N1CCCC1C1CCCCC1. The summed E-state index contributed by atoms with van der Waals surface area (Å²) in [5.74, 6) is 0.735. The molecule has 1 aliphatic heterocycles. The summed E-state index contributed by atoms with van der Waals surface area (Å²) in [5, 5.41) is 12.7. The van der Waals surface area contributed by atoms with Crippen LogP contribution in [0.5, 0.6) is 0 Å². The monoisotopic (exact) mass is 168 g/mol. The van der Waals surface area contributed by atoms with Crippen LogP contribution in [0.2, 0.25) is 0 Å². The smallest absolute Gasteiger partial charge is 0.000308 e. The summed E-state index contributed by atoms with van der Waals surface area (Å²) in [7, 11) is 0. The summed E-state index contributed by atoms with van der Waals surface area (Å²) < 4.78 is 0. The summed E-state index contributed by atoms with van der Waals surface area (Å²) >= 11 is 0. The van der Waals surface area contributed by atoms with Crippen LogP contribution in [-0.2, 0) is 0 Å². The predicted molar refractivity (Wildman–Crippen MR) is 49.7 cm³/mol. The summed E-state index contributed by atoms with van der Waals surface area (Å²) in [6.07, 6.45) is 9.01. The summed E-state index contributed by atoms with van der Waals surface area (Å²) in [6.45, 7) is 0.793. The molecule has 2 rings (SSSR count). The second kappa shape index (κ2) is 3.75. The van der Waals surface area contributed by atoms with Gasteiger partial charge in [0.25, 0.3) is 0 Å². The fourth-order valence-electron chi connectivity index (χ4n) is 2.76. The van der Waals surface area contributed by atoms with E-state index in [1.165, 1.54) is 37.2 Å². The van der Waals surface area contributed by atoms with Gasteiger partial charge >= 0.3 is 0 Å². The topological polar surface area (TPSA) is 26.3 Å². The molecule has 0 N–H and O–H groups in total. The Morgan fingerprint density at radius 2 is 1.67 bits per heavy atom. The molecule has 1 saturated heterocycles. The van der Waals surface area contributed by atoms with Crippen molar-refractivity contribution in [2.24, 2.45) is 5.92 Å². The molecule has 1 heterocycles. The third-order valence-corrected chi connectivity index (χ3v) is 3.44. The molecule has 1 atom stereocenters. The second-order valence-corrected chi connectivity index (χ2v) is 4.25. The van der Waals surface area contributed by atoms with Crippen LogP contribution in [0.3, 0.4) is 0 Å². The van der Waals surface area contributed by atoms with E-state index in [2.05, 4.69) is 0 Å². The van der Waals surface area contributed by atoms with Crippen molar-refractivity contribution in [1.29, 1.82) is 0 Å². The lowest BCUT2D eigenvalue weighted by atomic mass is 9.83. The number of nitrogens with zero attached hydrogens (tertiary/aromatic N) is 1. The molecule has 0 amide bonds. The second-order valence-electron chi connectivity index (χ2n) is 4.25. The molecule has 2 nitrogen and oxygen atoms in total. The number of rotatable bonds is 1. The van der Waals surface area contributed by atoms with Crippen molar-refractivity contribution < 1.29 is 0 Å². The van der Waals surface area contributed by atoms with Crippen LogP contribution in [0.25, 0.3) is 0 Å². The highest BCUT2D eigenvalue weighted by Gasteiger charge is 2.27.